The lowest BCUT2D eigenvalue weighted by Crippen LogP contribution is -2.45. The van der Waals surface area contributed by atoms with Crippen LogP contribution in [-0.2, 0) is 20.8 Å². The molecule has 0 unspecified atom stereocenters. The van der Waals surface area contributed by atoms with Gasteiger partial charge in [-0.25, -0.2) is 0 Å². The molecule has 0 saturated carbocycles. The number of hydrogen-bond donors (Lipinski definition) is 2. The number of likely N-dealkylation sites (tertiary alicyclic amines) is 1. The fourth-order valence-corrected chi connectivity index (χ4v) is 4.79. The number of carbonyl (C=O) groups excluding carboxylic acids is 1. The highest BCUT2D eigenvalue weighted by Crippen LogP contribution is 2.39. The molecule has 4 rings (SSSR count). The first-order chi connectivity index (χ1) is 14.7. The predicted octanol–water partition coefficient (Wildman–Crippen LogP) is 1.87. The maximum Gasteiger partial charge on any atom is 0.249 e. The van der Waals surface area contributed by atoms with Crippen LogP contribution in [0.4, 0.5) is 0 Å². The molecule has 30 heavy (non-hydrogen) atoms. The molecule has 3 fully saturated rings. The van der Waals surface area contributed by atoms with Crippen LogP contribution in [0.15, 0.2) is 24.3 Å². The molecule has 7 nitrogen and oxygen atoms in total. The fraction of sp³-hybridized carbons (Fsp3) is 0.696. The predicted molar refractivity (Wildman–Crippen MR) is 112 cm³/mol. The van der Waals surface area contributed by atoms with Crippen molar-refractivity contribution >= 4 is 5.91 Å². The minimum atomic E-state index is -0.267. The van der Waals surface area contributed by atoms with Crippen molar-refractivity contribution in [3.8, 4) is 5.75 Å². The Hall–Kier alpha value is -1.67. The Morgan fingerprint density at radius 1 is 1.27 bits per heavy atom. The van der Waals surface area contributed by atoms with Crippen LogP contribution in [0.25, 0.3) is 0 Å². The molecule has 3 heterocycles. The second-order valence-electron chi connectivity index (χ2n) is 8.70. The molecular formula is C23H34N2O5. The summed E-state index contributed by atoms with van der Waals surface area (Å²) in [5, 5.41) is 11.9. The average molecular weight is 419 g/mol. The Labute approximate surface area is 178 Å². The number of nitrogens with one attached hydrogen (secondary N) is 1. The third kappa shape index (κ3) is 5.52. The summed E-state index contributed by atoms with van der Waals surface area (Å²) in [6.45, 7) is 4.54. The van der Waals surface area contributed by atoms with Crippen LogP contribution in [0, 0.1) is 0 Å². The molecule has 166 valence electrons. The molecule has 1 amide bonds. The molecule has 2 N–H and O–H groups in total. The lowest BCUT2D eigenvalue weighted by atomic mass is 9.88. The Kier molecular flexibility index (Phi) is 7.25. The van der Waals surface area contributed by atoms with Gasteiger partial charge in [-0.05, 0) is 56.2 Å². The first-order valence-electron chi connectivity index (χ1n) is 11.3. The van der Waals surface area contributed by atoms with E-state index in [-0.39, 0.29) is 30.3 Å². The van der Waals surface area contributed by atoms with E-state index in [1.807, 2.05) is 12.1 Å². The highest BCUT2D eigenvalue weighted by atomic mass is 16.5. The molecule has 0 aromatic heterocycles. The zero-order valence-electron chi connectivity index (χ0n) is 17.7. The molecule has 3 aliphatic rings. The van der Waals surface area contributed by atoms with Crippen molar-refractivity contribution in [3.63, 3.8) is 0 Å². The SMILES string of the molecule is O=C(NC[C@H]1CCC2(CCN(Cc3cccc(OCCO)c3)CC2)O1)[C@H]1CCCO1. The van der Waals surface area contributed by atoms with Crippen molar-refractivity contribution < 1.29 is 24.1 Å². The Bertz CT molecular complexity index is 699. The van der Waals surface area contributed by atoms with Crippen molar-refractivity contribution in [2.45, 2.75) is 62.9 Å². The standard InChI is InChI=1S/C23H34N2O5/c26-12-14-28-19-4-1-3-18(15-19)17-25-10-8-23(9-11-25)7-6-20(30-23)16-24-22(27)21-5-2-13-29-21/h1,3-4,15,20-21,26H,2,5-14,16-17H2,(H,24,27)/t20-,21-/m1/s1. The van der Waals surface area contributed by atoms with Crippen molar-refractivity contribution in [2.75, 3.05) is 39.5 Å². The zero-order chi connectivity index (χ0) is 20.8. The Morgan fingerprint density at radius 2 is 2.13 bits per heavy atom. The number of benzene rings is 1. The van der Waals surface area contributed by atoms with Crippen molar-refractivity contribution in [3.05, 3.63) is 29.8 Å². The average Bonchev–Trinajstić information content (AvgIpc) is 3.44. The highest BCUT2D eigenvalue weighted by Gasteiger charge is 2.42. The summed E-state index contributed by atoms with van der Waals surface area (Å²) in [6.07, 6.45) is 5.79. The minimum Gasteiger partial charge on any atom is -0.491 e. The summed E-state index contributed by atoms with van der Waals surface area (Å²) in [5.41, 5.74) is 1.20. The lowest BCUT2D eigenvalue weighted by Gasteiger charge is -2.39. The first-order valence-corrected chi connectivity index (χ1v) is 11.3. The number of amides is 1. The van der Waals surface area contributed by atoms with Crippen LogP contribution in [0.2, 0.25) is 0 Å². The van der Waals surface area contributed by atoms with E-state index < -0.39 is 0 Å². The van der Waals surface area contributed by atoms with E-state index in [9.17, 15) is 4.79 Å². The van der Waals surface area contributed by atoms with Crippen LogP contribution in [0.1, 0.15) is 44.1 Å². The summed E-state index contributed by atoms with van der Waals surface area (Å²) in [7, 11) is 0. The van der Waals surface area contributed by atoms with Crippen molar-refractivity contribution in [2.24, 2.45) is 0 Å². The van der Waals surface area contributed by atoms with Crippen LogP contribution < -0.4 is 10.1 Å². The monoisotopic (exact) mass is 418 g/mol. The van der Waals surface area contributed by atoms with Gasteiger partial charge in [0, 0.05) is 32.8 Å². The van der Waals surface area contributed by atoms with E-state index in [2.05, 4.69) is 22.3 Å². The van der Waals surface area contributed by atoms with E-state index in [4.69, 9.17) is 19.3 Å². The lowest BCUT2D eigenvalue weighted by molar-refractivity contribution is -0.131. The molecule has 1 aromatic carbocycles. The number of aliphatic hydroxyl groups excluding tert-OH is 1. The molecular weight excluding hydrogens is 384 g/mol. The van der Waals surface area contributed by atoms with Crippen molar-refractivity contribution in [1.29, 1.82) is 0 Å². The van der Waals surface area contributed by atoms with Gasteiger partial charge in [0.05, 0.1) is 18.3 Å². The second-order valence-corrected chi connectivity index (χ2v) is 8.70. The summed E-state index contributed by atoms with van der Waals surface area (Å²) < 4.78 is 17.4. The number of rotatable bonds is 8. The van der Waals surface area contributed by atoms with Gasteiger partial charge in [-0.15, -0.1) is 0 Å². The van der Waals surface area contributed by atoms with Crippen molar-refractivity contribution in [1.82, 2.24) is 10.2 Å². The highest BCUT2D eigenvalue weighted by molar-refractivity contribution is 5.80. The van der Waals surface area contributed by atoms with Gasteiger partial charge in [-0.3, -0.25) is 9.69 Å². The third-order valence-electron chi connectivity index (χ3n) is 6.50. The largest absolute Gasteiger partial charge is 0.491 e. The van der Waals surface area contributed by atoms with Crippen LogP contribution in [-0.4, -0.2) is 73.2 Å². The summed E-state index contributed by atoms with van der Waals surface area (Å²) in [6, 6.07) is 8.10. The number of aliphatic hydroxyl groups is 1. The normalized spacial score (nSPS) is 26.2. The summed E-state index contributed by atoms with van der Waals surface area (Å²) >= 11 is 0. The summed E-state index contributed by atoms with van der Waals surface area (Å²) in [4.78, 5) is 14.6. The minimum absolute atomic E-state index is 0.0112. The number of ether oxygens (including phenoxy) is 3. The van der Waals surface area contributed by atoms with Gasteiger partial charge in [-0.2, -0.15) is 0 Å². The van der Waals surface area contributed by atoms with Crippen LogP contribution >= 0.6 is 0 Å². The summed E-state index contributed by atoms with van der Waals surface area (Å²) in [5.74, 6) is 0.819. The molecule has 3 saturated heterocycles. The van der Waals surface area contributed by atoms with Gasteiger partial charge in [-0.1, -0.05) is 12.1 Å². The van der Waals surface area contributed by atoms with Crippen LogP contribution in [0.5, 0.6) is 5.75 Å². The first kappa shape index (κ1) is 21.6. The number of nitrogens with zero attached hydrogens (tertiary/aromatic N) is 1. The molecule has 0 radical (unpaired) electrons. The van der Waals surface area contributed by atoms with E-state index >= 15 is 0 Å². The molecule has 1 aromatic rings. The quantitative estimate of drug-likeness (QED) is 0.671. The van der Waals surface area contributed by atoms with Gasteiger partial charge in [0.25, 0.3) is 0 Å². The molecule has 3 aliphatic heterocycles. The van der Waals surface area contributed by atoms with E-state index in [0.717, 1.165) is 63.9 Å². The topological polar surface area (TPSA) is 80.3 Å². The van der Waals surface area contributed by atoms with Gasteiger partial charge >= 0.3 is 0 Å². The number of piperidine rings is 1. The fourth-order valence-electron chi connectivity index (χ4n) is 4.79. The second kappa shape index (κ2) is 10.1. The Morgan fingerprint density at radius 3 is 2.90 bits per heavy atom. The molecule has 1 spiro atoms. The zero-order valence-corrected chi connectivity index (χ0v) is 17.7. The molecule has 7 heteroatoms. The van der Waals surface area contributed by atoms with Gasteiger partial charge in [0.2, 0.25) is 5.91 Å². The smallest absolute Gasteiger partial charge is 0.249 e. The molecule has 0 bridgehead atoms. The Balaban J connectivity index is 1.20. The van der Waals surface area contributed by atoms with Gasteiger partial charge in [0.1, 0.15) is 18.5 Å². The molecule has 2 atom stereocenters. The van der Waals surface area contributed by atoms with Crippen LogP contribution in [0.3, 0.4) is 0 Å². The van der Waals surface area contributed by atoms with E-state index in [1.165, 1.54) is 5.56 Å². The number of hydrogen-bond acceptors (Lipinski definition) is 6. The van der Waals surface area contributed by atoms with Gasteiger partial charge < -0.3 is 24.6 Å². The van der Waals surface area contributed by atoms with E-state index in [0.29, 0.717) is 19.8 Å². The maximum absolute atomic E-state index is 12.1. The molecule has 0 aliphatic carbocycles. The van der Waals surface area contributed by atoms with E-state index in [1.54, 1.807) is 0 Å². The maximum atomic E-state index is 12.1. The van der Waals surface area contributed by atoms with Gasteiger partial charge in [0.15, 0.2) is 0 Å². The third-order valence-corrected chi connectivity index (χ3v) is 6.50. The number of carbonyl (C=O) groups is 1.